The molecule has 0 aliphatic carbocycles. The van der Waals surface area contributed by atoms with Gasteiger partial charge in [-0.3, -0.25) is 0 Å². The van der Waals surface area contributed by atoms with Gasteiger partial charge in [0.15, 0.2) is 0 Å². The minimum atomic E-state index is 0.503. The standard InChI is InChI=1S/C20H35N3/c1-4-5-6-7-8-9-10-11-14-22-20-18(13-12-15-23-20)19(21)16-17(2)3/h12-13,15,17,21H,4-11,14,16H2,1-3H3,(H,22,23). The van der Waals surface area contributed by atoms with E-state index >= 15 is 0 Å². The Kier molecular flexibility index (Phi) is 10.3. The fourth-order valence-electron chi connectivity index (χ4n) is 2.77. The maximum atomic E-state index is 8.25. The van der Waals surface area contributed by atoms with Crippen LogP contribution < -0.4 is 5.32 Å². The van der Waals surface area contributed by atoms with Crippen LogP contribution in [0.4, 0.5) is 5.82 Å². The average Bonchev–Trinajstić information content (AvgIpc) is 2.53. The van der Waals surface area contributed by atoms with E-state index in [-0.39, 0.29) is 0 Å². The van der Waals surface area contributed by atoms with Crippen LogP contribution in [0.15, 0.2) is 18.3 Å². The summed E-state index contributed by atoms with van der Waals surface area (Å²) in [5, 5.41) is 11.7. The van der Waals surface area contributed by atoms with Gasteiger partial charge in [-0.1, -0.05) is 65.7 Å². The number of nitrogens with one attached hydrogen (secondary N) is 2. The summed E-state index contributed by atoms with van der Waals surface area (Å²) in [6.45, 7) is 7.52. The second-order valence-electron chi connectivity index (χ2n) is 6.88. The molecule has 0 aliphatic heterocycles. The number of pyridine rings is 1. The highest BCUT2D eigenvalue weighted by Crippen LogP contribution is 2.17. The molecule has 0 atom stereocenters. The van der Waals surface area contributed by atoms with Crippen LogP contribution in [0, 0.1) is 11.3 Å². The largest absolute Gasteiger partial charge is 0.370 e. The maximum absolute atomic E-state index is 8.25. The Balaban J connectivity index is 2.26. The molecule has 0 fully saturated rings. The van der Waals surface area contributed by atoms with Crippen molar-refractivity contribution >= 4 is 11.5 Å². The van der Waals surface area contributed by atoms with Gasteiger partial charge < -0.3 is 10.7 Å². The van der Waals surface area contributed by atoms with Crippen molar-refractivity contribution in [3.63, 3.8) is 0 Å². The number of aromatic nitrogens is 1. The van der Waals surface area contributed by atoms with Gasteiger partial charge in [0.2, 0.25) is 0 Å². The Morgan fingerprint density at radius 1 is 1.09 bits per heavy atom. The molecular weight excluding hydrogens is 282 g/mol. The molecule has 2 N–H and O–H groups in total. The fourth-order valence-corrected chi connectivity index (χ4v) is 2.77. The van der Waals surface area contributed by atoms with E-state index in [2.05, 4.69) is 31.1 Å². The van der Waals surface area contributed by atoms with Crippen molar-refractivity contribution in [3.05, 3.63) is 23.9 Å². The van der Waals surface area contributed by atoms with Gasteiger partial charge in [-0.2, -0.15) is 0 Å². The van der Waals surface area contributed by atoms with Crippen LogP contribution >= 0.6 is 0 Å². The van der Waals surface area contributed by atoms with Crippen LogP contribution in [0.25, 0.3) is 0 Å². The molecule has 1 aromatic rings. The molecule has 0 amide bonds. The number of hydrogen-bond donors (Lipinski definition) is 2. The van der Waals surface area contributed by atoms with E-state index in [1.165, 1.54) is 51.4 Å². The van der Waals surface area contributed by atoms with Crippen molar-refractivity contribution < 1.29 is 0 Å². The smallest absolute Gasteiger partial charge is 0.135 e. The monoisotopic (exact) mass is 317 g/mol. The summed E-state index contributed by atoms with van der Waals surface area (Å²) >= 11 is 0. The maximum Gasteiger partial charge on any atom is 0.135 e. The first kappa shape index (κ1) is 19.7. The molecule has 0 saturated heterocycles. The van der Waals surface area contributed by atoms with Crippen LogP contribution in [0.2, 0.25) is 0 Å². The lowest BCUT2D eigenvalue weighted by molar-refractivity contribution is 0.581. The average molecular weight is 318 g/mol. The van der Waals surface area contributed by atoms with E-state index in [0.717, 1.165) is 24.3 Å². The van der Waals surface area contributed by atoms with E-state index in [9.17, 15) is 0 Å². The minimum Gasteiger partial charge on any atom is -0.370 e. The highest BCUT2D eigenvalue weighted by molar-refractivity contribution is 6.02. The molecule has 0 radical (unpaired) electrons. The molecule has 0 bridgehead atoms. The second-order valence-corrected chi connectivity index (χ2v) is 6.88. The number of nitrogens with zero attached hydrogens (tertiary/aromatic N) is 1. The summed E-state index contributed by atoms with van der Waals surface area (Å²) in [6, 6.07) is 3.93. The zero-order valence-corrected chi connectivity index (χ0v) is 15.3. The number of unbranched alkanes of at least 4 members (excludes halogenated alkanes) is 7. The summed E-state index contributed by atoms with van der Waals surface area (Å²) in [6.07, 6.45) is 13.3. The van der Waals surface area contributed by atoms with Gasteiger partial charge in [-0.25, -0.2) is 4.98 Å². The van der Waals surface area contributed by atoms with Gasteiger partial charge in [0.25, 0.3) is 0 Å². The summed E-state index contributed by atoms with van der Waals surface area (Å²) in [5.41, 5.74) is 1.65. The quantitative estimate of drug-likeness (QED) is 0.344. The predicted octanol–water partition coefficient (Wildman–Crippen LogP) is 6.05. The summed E-state index contributed by atoms with van der Waals surface area (Å²) in [7, 11) is 0. The summed E-state index contributed by atoms with van der Waals surface area (Å²) in [4.78, 5) is 4.42. The first-order chi connectivity index (χ1) is 11.1. The van der Waals surface area contributed by atoms with Gasteiger partial charge >= 0.3 is 0 Å². The Bertz CT molecular complexity index is 440. The van der Waals surface area contributed by atoms with Crippen LogP contribution in [-0.4, -0.2) is 17.2 Å². The third kappa shape index (κ3) is 8.73. The molecular formula is C20H35N3. The van der Waals surface area contributed by atoms with Gasteiger partial charge in [-0.05, 0) is 30.9 Å². The molecule has 3 heteroatoms. The Labute approximate surface area is 142 Å². The fraction of sp³-hybridized carbons (Fsp3) is 0.700. The summed E-state index contributed by atoms with van der Waals surface area (Å²) < 4.78 is 0. The molecule has 0 spiro atoms. The van der Waals surface area contributed by atoms with Gasteiger partial charge in [0, 0.05) is 24.0 Å². The lowest BCUT2D eigenvalue weighted by Crippen LogP contribution is -2.11. The minimum absolute atomic E-state index is 0.503. The predicted molar refractivity (Wildman–Crippen MR) is 102 cm³/mol. The van der Waals surface area contributed by atoms with Gasteiger partial charge in [0.05, 0.1) is 0 Å². The first-order valence-electron chi connectivity index (χ1n) is 9.41. The first-order valence-corrected chi connectivity index (χ1v) is 9.41. The number of hydrogen-bond acceptors (Lipinski definition) is 3. The highest BCUT2D eigenvalue weighted by Gasteiger charge is 2.09. The molecule has 3 nitrogen and oxygen atoms in total. The number of rotatable bonds is 13. The molecule has 23 heavy (non-hydrogen) atoms. The summed E-state index contributed by atoms with van der Waals surface area (Å²) in [5.74, 6) is 1.38. The van der Waals surface area contributed by atoms with Gasteiger partial charge in [-0.15, -0.1) is 0 Å². The third-order valence-corrected chi connectivity index (χ3v) is 4.07. The van der Waals surface area contributed by atoms with Crippen molar-refractivity contribution in [1.29, 1.82) is 5.41 Å². The highest BCUT2D eigenvalue weighted by atomic mass is 15.0. The molecule has 0 aromatic carbocycles. The Morgan fingerprint density at radius 2 is 1.74 bits per heavy atom. The van der Waals surface area contributed by atoms with E-state index in [1.807, 2.05) is 18.3 Å². The molecule has 1 heterocycles. The van der Waals surface area contributed by atoms with Crippen LogP contribution in [-0.2, 0) is 0 Å². The topological polar surface area (TPSA) is 48.8 Å². The van der Waals surface area contributed by atoms with E-state index < -0.39 is 0 Å². The second kappa shape index (κ2) is 12.1. The SMILES string of the molecule is CCCCCCCCCCNc1ncccc1C(=N)CC(C)C. The Morgan fingerprint density at radius 3 is 2.39 bits per heavy atom. The van der Waals surface area contributed by atoms with Crippen LogP contribution in [0.1, 0.15) is 84.1 Å². The molecule has 0 saturated carbocycles. The Hall–Kier alpha value is -1.38. The zero-order valence-electron chi connectivity index (χ0n) is 15.3. The van der Waals surface area contributed by atoms with E-state index in [0.29, 0.717) is 11.6 Å². The molecule has 130 valence electrons. The molecule has 1 rings (SSSR count). The zero-order chi connectivity index (χ0) is 16.9. The van der Waals surface area contributed by atoms with Crippen LogP contribution in [0.3, 0.4) is 0 Å². The normalized spacial score (nSPS) is 11.0. The van der Waals surface area contributed by atoms with Crippen molar-refractivity contribution in [1.82, 2.24) is 4.98 Å². The van der Waals surface area contributed by atoms with E-state index in [1.54, 1.807) is 0 Å². The number of anilines is 1. The lowest BCUT2D eigenvalue weighted by Gasteiger charge is -2.13. The lowest BCUT2D eigenvalue weighted by atomic mass is 10.0. The van der Waals surface area contributed by atoms with Crippen molar-refractivity contribution in [2.75, 3.05) is 11.9 Å². The van der Waals surface area contributed by atoms with Crippen molar-refractivity contribution in [3.8, 4) is 0 Å². The van der Waals surface area contributed by atoms with Gasteiger partial charge in [0.1, 0.15) is 5.82 Å². The van der Waals surface area contributed by atoms with Crippen LogP contribution in [0.5, 0.6) is 0 Å². The third-order valence-electron chi connectivity index (χ3n) is 4.07. The molecule has 0 aliphatic rings. The van der Waals surface area contributed by atoms with E-state index in [4.69, 9.17) is 5.41 Å². The van der Waals surface area contributed by atoms with Crippen molar-refractivity contribution in [2.24, 2.45) is 5.92 Å². The molecule has 1 aromatic heterocycles. The van der Waals surface area contributed by atoms with Crippen molar-refractivity contribution in [2.45, 2.75) is 78.6 Å². The molecule has 0 unspecified atom stereocenters.